The van der Waals surface area contributed by atoms with E-state index in [-0.39, 0.29) is 20.8 Å². The van der Waals surface area contributed by atoms with Gasteiger partial charge in [-0.2, -0.15) is 18.3 Å². The second-order valence-corrected chi connectivity index (χ2v) is 5.35. The van der Waals surface area contributed by atoms with Gasteiger partial charge in [0, 0.05) is 5.02 Å². The van der Waals surface area contributed by atoms with E-state index >= 15 is 0 Å². The maximum absolute atomic E-state index is 13.0. The van der Waals surface area contributed by atoms with E-state index in [1.807, 2.05) is 0 Å². The lowest BCUT2D eigenvalue weighted by molar-refractivity contribution is -0.141. The van der Waals surface area contributed by atoms with E-state index in [0.717, 1.165) is 0 Å². The van der Waals surface area contributed by atoms with Crippen molar-refractivity contribution >= 4 is 46.5 Å². The second kappa shape index (κ2) is 5.53. The molecule has 4 N–H and O–H groups in total. The van der Waals surface area contributed by atoms with E-state index in [1.54, 1.807) is 0 Å². The van der Waals surface area contributed by atoms with Crippen molar-refractivity contribution in [3.8, 4) is 5.69 Å². The standard InChI is InChI=1S/C11H6Cl3F3N4O/c12-3-1-4(13)7(5(14)2-3)21-9(18)6(10(19)22)8(20-21)11(15,16)17/h1-2H,18H2,(H2,19,22). The van der Waals surface area contributed by atoms with E-state index in [0.29, 0.717) is 4.68 Å². The van der Waals surface area contributed by atoms with E-state index < -0.39 is 29.2 Å². The van der Waals surface area contributed by atoms with Crippen LogP contribution < -0.4 is 11.5 Å². The number of benzene rings is 1. The molecule has 1 aromatic heterocycles. The lowest BCUT2D eigenvalue weighted by atomic mass is 10.2. The summed E-state index contributed by atoms with van der Waals surface area (Å²) < 4.78 is 39.5. The fraction of sp³-hybridized carbons (Fsp3) is 0.0909. The van der Waals surface area contributed by atoms with Gasteiger partial charge in [-0.1, -0.05) is 34.8 Å². The van der Waals surface area contributed by atoms with Gasteiger partial charge in [-0.05, 0) is 12.1 Å². The van der Waals surface area contributed by atoms with Crippen LogP contribution in [-0.4, -0.2) is 15.7 Å². The number of primary amides is 1. The van der Waals surface area contributed by atoms with Crippen molar-refractivity contribution in [2.24, 2.45) is 5.73 Å². The summed E-state index contributed by atoms with van der Waals surface area (Å²) >= 11 is 17.6. The van der Waals surface area contributed by atoms with Crippen LogP contribution in [0.4, 0.5) is 19.0 Å². The van der Waals surface area contributed by atoms with Crippen LogP contribution in [-0.2, 0) is 6.18 Å². The van der Waals surface area contributed by atoms with E-state index in [2.05, 4.69) is 5.10 Å². The first-order valence-corrected chi connectivity index (χ1v) is 6.57. The molecule has 0 saturated carbocycles. The number of anilines is 1. The van der Waals surface area contributed by atoms with Crippen LogP contribution in [0.2, 0.25) is 15.1 Å². The summed E-state index contributed by atoms with van der Waals surface area (Å²) in [6, 6.07) is 2.48. The third kappa shape index (κ3) is 2.81. The topological polar surface area (TPSA) is 86.9 Å². The average Bonchev–Trinajstić information content (AvgIpc) is 2.66. The first kappa shape index (κ1) is 16.7. The Kier molecular flexibility index (Phi) is 4.20. The van der Waals surface area contributed by atoms with Crippen molar-refractivity contribution in [3.05, 3.63) is 38.5 Å². The largest absolute Gasteiger partial charge is 0.436 e. The number of hydrogen-bond donors (Lipinski definition) is 2. The van der Waals surface area contributed by atoms with Crippen molar-refractivity contribution in [3.63, 3.8) is 0 Å². The number of carbonyl (C=O) groups is 1. The van der Waals surface area contributed by atoms with E-state index in [1.165, 1.54) is 12.1 Å². The van der Waals surface area contributed by atoms with Crippen molar-refractivity contribution in [2.75, 3.05) is 5.73 Å². The lowest BCUT2D eigenvalue weighted by Gasteiger charge is -2.09. The summed E-state index contributed by atoms with van der Waals surface area (Å²) in [6.45, 7) is 0. The molecular weight excluding hydrogens is 368 g/mol. The fourth-order valence-electron chi connectivity index (χ4n) is 1.78. The van der Waals surface area contributed by atoms with E-state index in [4.69, 9.17) is 46.3 Å². The number of nitrogens with two attached hydrogens (primary N) is 2. The van der Waals surface area contributed by atoms with Gasteiger partial charge in [0.25, 0.3) is 5.91 Å². The highest BCUT2D eigenvalue weighted by Crippen LogP contribution is 2.38. The second-order valence-electron chi connectivity index (χ2n) is 4.10. The summed E-state index contributed by atoms with van der Waals surface area (Å²) in [6.07, 6.45) is -4.94. The first-order chi connectivity index (χ1) is 10.0. The highest BCUT2D eigenvalue weighted by atomic mass is 35.5. The Morgan fingerprint density at radius 3 is 2.05 bits per heavy atom. The number of hydrogen-bond acceptors (Lipinski definition) is 3. The Morgan fingerprint density at radius 1 is 1.18 bits per heavy atom. The molecular formula is C11H6Cl3F3N4O. The number of alkyl halides is 3. The van der Waals surface area contributed by atoms with Crippen molar-refractivity contribution in [1.29, 1.82) is 0 Å². The highest BCUT2D eigenvalue weighted by Gasteiger charge is 2.41. The summed E-state index contributed by atoms with van der Waals surface area (Å²) in [5, 5.41) is 3.24. The molecule has 118 valence electrons. The molecule has 0 spiro atoms. The number of rotatable bonds is 2. The summed E-state index contributed by atoms with van der Waals surface area (Å²) in [5.74, 6) is -2.01. The Hall–Kier alpha value is -1.64. The Bertz CT molecular complexity index is 750. The molecule has 11 heteroatoms. The predicted octanol–water partition coefficient (Wildman–Crippen LogP) is 3.53. The molecule has 5 nitrogen and oxygen atoms in total. The van der Waals surface area contributed by atoms with Crippen LogP contribution in [0.5, 0.6) is 0 Å². The maximum Gasteiger partial charge on any atom is 0.436 e. The highest BCUT2D eigenvalue weighted by molar-refractivity contribution is 6.40. The van der Waals surface area contributed by atoms with Gasteiger partial charge in [0.2, 0.25) is 0 Å². The number of carbonyl (C=O) groups excluding carboxylic acids is 1. The van der Waals surface area contributed by atoms with Crippen LogP contribution in [0.3, 0.4) is 0 Å². The number of aromatic nitrogens is 2. The zero-order chi connectivity index (χ0) is 16.8. The summed E-state index contributed by atoms with van der Waals surface area (Å²) in [4.78, 5) is 11.3. The normalized spacial score (nSPS) is 11.7. The van der Waals surface area contributed by atoms with E-state index in [9.17, 15) is 18.0 Å². The molecule has 0 bridgehead atoms. The molecule has 0 unspecified atom stereocenters. The minimum absolute atomic E-state index is 0.101. The SMILES string of the molecule is NC(=O)c1c(C(F)(F)F)nn(-c2c(Cl)cc(Cl)cc2Cl)c1N. The quantitative estimate of drug-likeness (QED) is 0.844. The third-order valence-corrected chi connectivity index (χ3v) is 3.42. The molecule has 0 aliphatic heterocycles. The van der Waals surface area contributed by atoms with Gasteiger partial charge in [-0.3, -0.25) is 4.79 Å². The molecule has 0 atom stereocenters. The third-order valence-electron chi connectivity index (χ3n) is 2.63. The smallest absolute Gasteiger partial charge is 0.383 e. The molecule has 0 aliphatic rings. The summed E-state index contributed by atoms with van der Waals surface area (Å²) in [7, 11) is 0. The number of amides is 1. The van der Waals surface area contributed by atoms with Crippen LogP contribution in [0.25, 0.3) is 5.69 Å². The van der Waals surface area contributed by atoms with Crippen molar-refractivity contribution in [1.82, 2.24) is 9.78 Å². The zero-order valence-corrected chi connectivity index (χ0v) is 12.6. The molecule has 2 rings (SSSR count). The fourth-order valence-corrected chi connectivity index (χ4v) is 2.76. The van der Waals surface area contributed by atoms with Gasteiger partial charge in [-0.15, -0.1) is 0 Å². The Balaban J connectivity index is 2.82. The number of nitrogen functional groups attached to an aromatic ring is 1. The van der Waals surface area contributed by atoms with Gasteiger partial charge < -0.3 is 11.5 Å². The maximum atomic E-state index is 13.0. The van der Waals surface area contributed by atoms with Gasteiger partial charge in [-0.25, -0.2) is 4.68 Å². The average molecular weight is 374 g/mol. The minimum atomic E-state index is -4.94. The van der Waals surface area contributed by atoms with Crippen molar-refractivity contribution < 1.29 is 18.0 Å². The van der Waals surface area contributed by atoms with Gasteiger partial charge >= 0.3 is 6.18 Å². The van der Waals surface area contributed by atoms with Gasteiger partial charge in [0.15, 0.2) is 5.69 Å². The number of halogens is 6. The molecule has 22 heavy (non-hydrogen) atoms. The predicted molar refractivity (Wildman–Crippen MR) is 76.5 cm³/mol. The lowest BCUT2D eigenvalue weighted by Crippen LogP contribution is -2.18. The first-order valence-electron chi connectivity index (χ1n) is 5.44. The summed E-state index contributed by atoms with van der Waals surface area (Å²) in [5.41, 5.74) is 7.86. The van der Waals surface area contributed by atoms with Crippen LogP contribution in [0.15, 0.2) is 12.1 Å². The van der Waals surface area contributed by atoms with Crippen molar-refractivity contribution in [2.45, 2.75) is 6.18 Å². The van der Waals surface area contributed by atoms with Crippen LogP contribution in [0, 0.1) is 0 Å². The molecule has 0 saturated heterocycles. The number of nitrogens with zero attached hydrogens (tertiary/aromatic N) is 2. The Morgan fingerprint density at radius 2 is 1.68 bits per heavy atom. The van der Waals surface area contributed by atoms with Crippen LogP contribution >= 0.6 is 34.8 Å². The molecule has 1 amide bonds. The zero-order valence-electron chi connectivity index (χ0n) is 10.4. The molecule has 0 aliphatic carbocycles. The molecule has 1 heterocycles. The monoisotopic (exact) mass is 372 g/mol. The molecule has 1 aromatic carbocycles. The molecule has 0 fully saturated rings. The van der Waals surface area contributed by atoms with Gasteiger partial charge in [0.1, 0.15) is 17.1 Å². The molecule has 0 radical (unpaired) electrons. The van der Waals surface area contributed by atoms with Gasteiger partial charge in [0.05, 0.1) is 10.0 Å². The van der Waals surface area contributed by atoms with Crippen LogP contribution in [0.1, 0.15) is 16.1 Å². The molecule has 2 aromatic rings. The Labute approximate surface area is 136 Å². The minimum Gasteiger partial charge on any atom is -0.383 e.